The Kier molecular flexibility index (Phi) is 7.41. The molecule has 0 spiro atoms. The third-order valence-electron chi connectivity index (χ3n) is 5.02. The topological polar surface area (TPSA) is 75.7 Å². The van der Waals surface area contributed by atoms with Gasteiger partial charge in [-0.25, -0.2) is 8.42 Å². The number of aryl methyl sites for hydroxylation is 1. The van der Waals surface area contributed by atoms with E-state index in [1.54, 1.807) is 24.3 Å². The molecule has 0 aromatic heterocycles. The minimum absolute atomic E-state index is 0.142. The van der Waals surface area contributed by atoms with Gasteiger partial charge in [-0.15, -0.1) is 0 Å². The Morgan fingerprint density at radius 3 is 2.24 bits per heavy atom. The molecule has 6 nitrogen and oxygen atoms in total. The standard InChI is InChI=1S/C22H28N2O4S/c1-2-3-4-18-5-9-20(10-6-18)22(25)23-17-19-7-11-21(12-8-19)29(26,27)24-13-15-28-16-14-24/h5-12H,2-4,13-17H2,1H3,(H,23,25). The number of ether oxygens (including phenoxy) is 1. The predicted molar refractivity (Wildman–Crippen MR) is 112 cm³/mol. The number of sulfonamides is 1. The zero-order chi connectivity index (χ0) is 20.7. The third kappa shape index (κ3) is 5.65. The van der Waals surface area contributed by atoms with E-state index < -0.39 is 10.0 Å². The number of morpholine rings is 1. The first-order valence-electron chi connectivity index (χ1n) is 10.0. The van der Waals surface area contributed by atoms with Crippen LogP contribution in [0.3, 0.4) is 0 Å². The van der Waals surface area contributed by atoms with Crippen LogP contribution in [0.25, 0.3) is 0 Å². The van der Waals surface area contributed by atoms with Gasteiger partial charge in [0.15, 0.2) is 0 Å². The molecule has 0 bridgehead atoms. The van der Waals surface area contributed by atoms with Crippen molar-refractivity contribution in [1.82, 2.24) is 9.62 Å². The molecule has 0 saturated carbocycles. The van der Waals surface area contributed by atoms with Crippen LogP contribution in [0.5, 0.6) is 0 Å². The molecule has 1 fully saturated rings. The molecule has 1 aliphatic heterocycles. The lowest BCUT2D eigenvalue weighted by atomic mass is 10.1. The van der Waals surface area contributed by atoms with Gasteiger partial charge in [0.1, 0.15) is 0 Å². The normalized spacial score (nSPS) is 15.2. The molecule has 1 saturated heterocycles. The van der Waals surface area contributed by atoms with E-state index in [0.29, 0.717) is 38.4 Å². The molecule has 1 N–H and O–H groups in total. The van der Waals surface area contributed by atoms with Gasteiger partial charge in [-0.3, -0.25) is 4.79 Å². The molecule has 7 heteroatoms. The van der Waals surface area contributed by atoms with E-state index in [1.165, 1.54) is 9.87 Å². The fraction of sp³-hybridized carbons (Fsp3) is 0.409. The van der Waals surface area contributed by atoms with Gasteiger partial charge in [0, 0.05) is 25.2 Å². The molecule has 0 aliphatic carbocycles. The van der Waals surface area contributed by atoms with Crippen molar-refractivity contribution < 1.29 is 17.9 Å². The number of nitrogens with zero attached hydrogens (tertiary/aromatic N) is 1. The molecule has 2 aromatic carbocycles. The Balaban J connectivity index is 1.56. The maximum atomic E-state index is 12.6. The summed E-state index contributed by atoms with van der Waals surface area (Å²) in [6, 6.07) is 14.3. The summed E-state index contributed by atoms with van der Waals surface area (Å²) in [5, 5.41) is 2.88. The summed E-state index contributed by atoms with van der Waals surface area (Å²) in [6.07, 6.45) is 3.32. The molecule has 2 aromatic rings. The highest BCUT2D eigenvalue weighted by Gasteiger charge is 2.26. The van der Waals surface area contributed by atoms with Crippen LogP contribution in [0.15, 0.2) is 53.4 Å². The van der Waals surface area contributed by atoms with Crippen molar-refractivity contribution in [2.75, 3.05) is 26.3 Å². The summed E-state index contributed by atoms with van der Waals surface area (Å²) < 4.78 is 31.9. The van der Waals surface area contributed by atoms with Crippen molar-refractivity contribution >= 4 is 15.9 Å². The zero-order valence-corrected chi connectivity index (χ0v) is 17.6. The van der Waals surface area contributed by atoms with Crippen molar-refractivity contribution in [3.05, 3.63) is 65.2 Å². The second kappa shape index (κ2) is 10.0. The average molecular weight is 417 g/mol. The largest absolute Gasteiger partial charge is 0.379 e. The van der Waals surface area contributed by atoms with E-state index in [0.717, 1.165) is 24.8 Å². The second-order valence-electron chi connectivity index (χ2n) is 7.14. The Bertz CT molecular complexity index is 903. The van der Waals surface area contributed by atoms with E-state index >= 15 is 0 Å². The molecule has 3 rings (SSSR count). The van der Waals surface area contributed by atoms with Gasteiger partial charge in [0.05, 0.1) is 18.1 Å². The van der Waals surface area contributed by atoms with Crippen molar-refractivity contribution in [2.45, 2.75) is 37.6 Å². The summed E-state index contributed by atoms with van der Waals surface area (Å²) in [7, 11) is -3.50. The number of unbranched alkanes of at least 4 members (excludes halogenated alkanes) is 1. The number of carbonyl (C=O) groups excluding carboxylic acids is 1. The van der Waals surface area contributed by atoms with Crippen LogP contribution < -0.4 is 5.32 Å². The molecule has 29 heavy (non-hydrogen) atoms. The Morgan fingerprint density at radius 2 is 1.62 bits per heavy atom. The lowest BCUT2D eigenvalue weighted by molar-refractivity contribution is 0.0730. The van der Waals surface area contributed by atoms with Gasteiger partial charge in [0.2, 0.25) is 10.0 Å². The minimum atomic E-state index is -3.50. The van der Waals surface area contributed by atoms with Crippen LogP contribution in [-0.4, -0.2) is 44.9 Å². The Hall–Kier alpha value is -2.22. The molecule has 1 aliphatic rings. The fourth-order valence-corrected chi connectivity index (χ4v) is 4.61. The predicted octanol–water partition coefficient (Wildman–Crippen LogP) is 2.98. The number of hydrogen-bond acceptors (Lipinski definition) is 4. The maximum Gasteiger partial charge on any atom is 0.251 e. The monoisotopic (exact) mass is 416 g/mol. The summed E-state index contributed by atoms with van der Waals surface area (Å²) in [4.78, 5) is 12.6. The van der Waals surface area contributed by atoms with Crippen molar-refractivity contribution in [2.24, 2.45) is 0 Å². The SMILES string of the molecule is CCCCc1ccc(C(=O)NCc2ccc(S(=O)(=O)N3CCOCC3)cc2)cc1. The Morgan fingerprint density at radius 1 is 1.00 bits per heavy atom. The summed E-state index contributed by atoms with van der Waals surface area (Å²) >= 11 is 0. The molecule has 0 atom stereocenters. The van der Waals surface area contributed by atoms with Gasteiger partial charge in [-0.2, -0.15) is 4.31 Å². The number of amides is 1. The van der Waals surface area contributed by atoms with Crippen molar-refractivity contribution in [3.8, 4) is 0 Å². The summed E-state index contributed by atoms with van der Waals surface area (Å²) in [6.45, 7) is 4.08. The smallest absolute Gasteiger partial charge is 0.251 e. The fourth-order valence-electron chi connectivity index (χ4n) is 3.20. The van der Waals surface area contributed by atoms with Gasteiger partial charge < -0.3 is 10.1 Å². The van der Waals surface area contributed by atoms with Crippen LogP contribution in [0.4, 0.5) is 0 Å². The van der Waals surface area contributed by atoms with E-state index in [1.807, 2.05) is 24.3 Å². The second-order valence-corrected chi connectivity index (χ2v) is 9.08. The number of hydrogen-bond donors (Lipinski definition) is 1. The highest BCUT2D eigenvalue weighted by molar-refractivity contribution is 7.89. The van der Waals surface area contributed by atoms with Crippen LogP contribution >= 0.6 is 0 Å². The first-order valence-corrected chi connectivity index (χ1v) is 11.5. The summed E-state index contributed by atoms with van der Waals surface area (Å²) in [5.41, 5.74) is 2.70. The summed E-state index contributed by atoms with van der Waals surface area (Å²) in [5.74, 6) is -0.142. The van der Waals surface area contributed by atoms with Crippen LogP contribution in [-0.2, 0) is 27.7 Å². The highest BCUT2D eigenvalue weighted by atomic mass is 32.2. The molecular weight excluding hydrogens is 388 g/mol. The van der Waals surface area contributed by atoms with Gasteiger partial charge >= 0.3 is 0 Å². The van der Waals surface area contributed by atoms with E-state index in [2.05, 4.69) is 12.2 Å². The molecule has 1 amide bonds. The zero-order valence-electron chi connectivity index (χ0n) is 16.8. The molecule has 0 unspecified atom stereocenters. The van der Waals surface area contributed by atoms with Crippen molar-refractivity contribution in [3.63, 3.8) is 0 Å². The number of rotatable bonds is 8. The molecule has 1 heterocycles. The Labute approximate surface area is 172 Å². The van der Waals surface area contributed by atoms with E-state index in [4.69, 9.17) is 4.74 Å². The van der Waals surface area contributed by atoms with Crippen LogP contribution in [0.2, 0.25) is 0 Å². The molecule has 156 valence electrons. The lowest BCUT2D eigenvalue weighted by Crippen LogP contribution is -2.40. The first-order chi connectivity index (χ1) is 14.0. The van der Waals surface area contributed by atoms with Crippen LogP contribution in [0.1, 0.15) is 41.3 Å². The number of nitrogens with one attached hydrogen (secondary N) is 1. The molecular formula is C22H28N2O4S. The number of carbonyl (C=O) groups is 1. The lowest BCUT2D eigenvalue weighted by Gasteiger charge is -2.26. The minimum Gasteiger partial charge on any atom is -0.379 e. The first kappa shape index (κ1) is 21.5. The quantitative estimate of drug-likeness (QED) is 0.718. The van der Waals surface area contributed by atoms with Gasteiger partial charge in [0.25, 0.3) is 5.91 Å². The highest BCUT2D eigenvalue weighted by Crippen LogP contribution is 2.18. The van der Waals surface area contributed by atoms with Gasteiger partial charge in [-0.1, -0.05) is 37.6 Å². The molecule has 0 radical (unpaired) electrons. The third-order valence-corrected chi connectivity index (χ3v) is 6.93. The number of benzene rings is 2. The van der Waals surface area contributed by atoms with Crippen LogP contribution in [0, 0.1) is 0 Å². The van der Waals surface area contributed by atoms with E-state index in [9.17, 15) is 13.2 Å². The average Bonchev–Trinajstić information content (AvgIpc) is 2.77. The van der Waals surface area contributed by atoms with E-state index in [-0.39, 0.29) is 10.8 Å². The van der Waals surface area contributed by atoms with Crippen molar-refractivity contribution in [1.29, 1.82) is 0 Å². The van der Waals surface area contributed by atoms with Gasteiger partial charge in [-0.05, 0) is 48.2 Å². The maximum absolute atomic E-state index is 12.6.